The van der Waals surface area contributed by atoms with Crippen molar-refractivity contribution in [2.45, 2.75) is 0 Å². The number of hydrogen-bond donors (Lipinski definition) is 0. The predicted octanol–water partition coefficient (Wildman–Crippen LogP) is 18.6. The van der Waals surface area contributed by atoms with Gasteiger partial charge < -0.3 is 4.57 Å². The topological polar surface area (TPSA) is 48.5 Å². The van der Waals surface area contributed by atoms with Crippen molar-refractivity contribution in [3.63, 3.8) is 0 Å². The molecule has 0 unspecified atom stereocenters. The van der Waals surface area contributed by atoms with Gasteiger partial charge in [0.2, 0.25) is 5.95 Å². The van der Waals surface area contributed by atoms with Gasteiger partial charge in [0.05, 0.1) is 22.1 Å². The molecule has 348 valence electrons. The van der Waals surface area contributed by atoms with Crippen LogP contribution in [-0.2, 0) is 0 Å². The summed E-state index contributed by atoms with van der Waals surface area (Å²) in [6, 6.07) is 90.0. The fourth-order valence-electron chi connectivity index (χ4n) is 11.9. The molecule has 4 aromatic heterocycles. The van der Waals surface area contributed by atoms with Crippen LogP contribution in [0.4, 0.5) is 0 Å². The molecule has 0 aliphatic rings. The van der Waals surface area contributed by atoms with E-state index in [1.54, 1.807) is 11.3 Å². The number of thiophene rings is 1. The standard InChI is InChI=1S/C69H41N5S/c1-2-16-42(17-3-1)67-70-68(47-33-35-57-56-28-10-13-31-63(56)75-64(57)41-47)72-69(71-67)74-62-30-12-9-27-55(62)59-37-36-58-54-26-8-11-29-61(54)73(65(58)66(59)74)48-21-15-20-45(39-48)43-18-14-19-44(38-43)46-32-34-53-51-24-5-4-22-49(51)50-23-6-7-25-52(50)60(53)40-46/h1-41H. The lowest BCUT2D eigenvalue weighted by molar-refractivity contribution is 0.953. The molecule has 0 radical (unpaired) electrons. The van der Waals surface area contributed by atoms with E-state index in [0.717, 1.165) is 66.2 Å². The quantitative estimate of drug-likeness (QED) is 0.156. The first-order chi connectivity index (χ1) is 37.2. The highest BCUT2D eigenvalue weighted by Gasteiger charge is 2.24. The van der Waals surface area contributed by atoms with Gasteiger partial charge in [0.1, 0.15) is 0 Å². The Morgan fingerprint density at radius 3 is 1.40 bits per heavy atom. The van der Waals surface area contributed by atoms with Gasteiger partial charge in [-0.3, -0.25) is 4.57 Å². The van der Waals surface area contributed by atoms with E-state index in [-0.39, 0.29) is 0 Å². The van der Waals surface area contributed by atoms with Gasteiger partial charge in [-0.25, -0.2) is 4.98 Å². The van der Waals surface area contributed by atoms with Crippen molar-refractivity contribution >= 4 is 107 Å². The van der Waals surface area contributed by atoms with Crippen molar-refractivity contribution in [1.82, 2.24) is 24.1 Å². The van der Waals surface area contributed by atoms with E-state index in [4.69, 9.17) is 15.0 Å². The Balaban J connectivity index is 0.900. The van der Waals surface area contributed by atoms with E-state index in [0.29, 0.717) is 17.6 Å². The van der Waals surface area contributed by atoms with Gasteiger partial charge in [-0.05, 0) is 103 Å². The summed E-state index contributed by atoms with van der Waals surface area (Å²) in [5.41, 5.74) is 11.8. The Morgan fingerprint density at radius 2 is 0.707 bits per heavy atom. The number of para-hydroxylation sites is 2. The fourth-order valence-corrected chi connectivity index (χ4v) is 13.1. The van der Waals surface area contributed by atoms with Gasteiger partial charge in [0.25, 0.3) is 0 Å². The Hall–Kier alpha value is -9.75. The van der Waals surface area contributed by atoms with Crippen LogP contribution in [0.15, 0.2) is 249 Å². The summed E-state index contributed by atoms with van der Waals surface area (Å²) < 4.78 is 7.19. The first kappa shape index (κ1) is 41.8. The molecule has 0 amide bonds. The van der Waals surface area contributed by atoms with Gasteiger partial charge in [0, 0.05) is 58.5 Å². The minimum Gasteiger partial charge on any atom is -0.307 e. The summed E-state index contributed by atoms with van der Waals surface area (Å²) in [4.78, 5) is 16.1. The zero-order valence-electron chi connectivity index (χ0n) is 40.3. The molecule has 0 fully saturated rings. The average Bonchev–Trinajstić information content (AvgIpc) is 4.23. The summed E-state index contributed by atoms with van der Waals surface area (Å²) in [5.74, 6) is 1.80. The van der Waals surface area contributed by atoms with E-state index < -0.39 is 0 Å². The minimum absolute atomic E-state index is 0.561. The van der Waals surface area contributed by atoms with Crippen LogP contribution in [0.2, 0.25) is 0 Å². The second-order valence-corrected chi connectivity index (χ2v) is 20.6. The monoisotopic (exact) mass is 971 g/mol. The Labute approximate surface area is 434 Å². The van der Waals surface area contributed by atoms with Gasteiger partial charge in [-0.15, -0.1) is 11.3 Å². The van der Waals surface area contributed by atoms with Gasteiger partial charge in [0.15, 0.2) is 11.6 Å². The number of nitrogens with zero attached hydrogens (tertiary/aromatic N) is 5. The third-order valence-corrected chi connectivity index (χ3v) is 16.5. The molecule has 0 aliphatic carbocycles. The van der Waals surface area contributed by atoms with Crippen LogP contribution in [-0.4, -0.2) is 24.1 Å². The summed E-state index contributed by atoms with van der Waals surface area (Å²) in [6.45, 7) is 0. The lowest BCUT2D eigenvalue weighted by Crippen LogP contribution is -2.07. The molecular formula is C69H41N5S. The zero-order valence-corrected chi connectivity index (χ0v) is 41.1. The van der Waals surface area contributed by atoms with Crippen molar-refractivity contribution in [2.24, 2.45) is 0 Å². The van der Waals surface area contributed by atoms with Crippen LogP contribution >= 0.6 is 11.3 Å². The molecule has 0 spiro atoms. The largest absolute Gasteiger partial charge is 0.307 e. The zero-order chi connectivity index (χ0) is 49.1. The maximum atomic E-state index is 5.46. The van der Waals surface area contributed by atoms with Crippen molar-refractivity contribution in [3.8, 4) is 56.7 Å². The van der Waals surface area contributed by atoms with E-state index in [1.807, 2.05) is 18.2 Å². The SMILES string of the molecule is c1ccc(-c2nc(-c3ccc4c(c3)sc3ccccc34)nc(-n3c4ccccc4c4ccc5c6ccccc6n(-c6cccc(-c7cccc(-c8ccc9c%10ccccc%10c%10ccccc%10c9c8)c7)c6)c5c43)n2)cc1. The second-order valence-electron chi connectivity index (χ2n) is 19.5. The first-order valence-corrected chi connectivity index (χ1v) is 26.2. The van der Waals surface area contributed by atoms with E-state index in [2.05, 4.69) is 240 Å². The molecule has 12 aromatic carbocycles. The number of hydrogen-bond acceptors (Lipinski definition) is 4. The molecule has 0 N–H and O–H groups in total. The third kappa shape index (κ3) is 6.46. The highest BCUT2D eigenvalue weighted by molar-refractivity contribution is 7.25. The van der Waals surface area contributed by atoms with Gasteiger partial charge >= 0.3 is 0 Å². The first-order valence-electron chi connectivity index (χ1n) is 25.4. The fraction of sp³-hybridized carbons (Fsp3) is 0. The second kappa shape index (κ2) is 16.4. The summed E-state index contributed by atoms with van der Waals surface area (Å²) in [7, 11) is 0. The van der Waals surface area contributed by atoms with Crippen molar-refractivity contribution in [1.29, 1.82) is 0 Å². The number of benzene rings is 12. The molecule has 4 heterocycles. The normalized spacial score (nSPS) is 12.0. The van der Waals surface area contributed by atoms with Crippen LogP contribution in [0.1, 0.15) is 0 Å². The lowest BCUT2D eigenvalue weighted by Gasteiger charge is -2.14. The molecule has 16 rings (SSSR count). The number of fused-ring (bicyclic) bond motifs is 16. The van der Waals surface area contributed by atoms with Crippen LogP contribution in [0.5, 0.6) is 0 Å². The molecule has 16 aromatic rings. The van der Waals surface area contributed by atoms with Crippen LogP contribution < -0.4 is 0 Å². The molecule has 75 heavy (non-hydrogen) atoms. The molecule has 0 bridgehead atoms. The van der Waals surface area contributed by atoms with Crippen LogP contribution in [0.3, 0.4) is 0 Å². The van der Waals surface area contributed by atoms with Crippen LogP contribution in [0.25, 0.3) is 153 Å². The van der Waals surface area contributed by atoms with E-state index in [1.165, 1.54) is 69.0 Å². The molecule has 6 heteroatoms. The number of rotatable bonds is 6. The average molecular weight is 972 g/mol. The minimum atomic E-state index is 0.561. The Kier molecular flexibility index (Phi) is 9.14. The van der Waals surface area contributed by atoms with Gasteiger partial charge in [-0.1, -0.05) is 200 Å². The summed E-state index contributed by atoms with van der Waals surface area (Å²) in [6.07, 6.45) is 0. The highest BCUT2D eigenvalue weighted by Crippen LogP contribution is 2.44. The molecule has 0 aliphatic heterocycles. The van der Waals surface area contributed by atoms with E-state index in [9.17, 15) is 0 Å². The molecular weight excluding hydrogens is 931 g/mol. The Morgan fingerprint density at radius 1 is 0.253 bits per heavy atom. The molecule has 0 saturated heterocycles. The van der Waals surface area contributed by atoms with Crippen molar-refractivity contribution < 1.29 is 0 Å². The third-order valence-electron chi connectivity index (χ3n) is 15.3. The summed E-state index contributed by atoms with van der Waals surface area (Å²) in [5, 5.41) is 14.7. The molecule has 0 atom stereocenters. The van der Waals surface area contributed by atoms with Crippen molar-refractivity contribution in [2.75, 3.05) is 0 Å². The lowest BCUT2D eigenvalue weighted by atomic mass is 9.91. The van der Waals surface area contributed by atoms with Crippen molar-refractivity contribution in [3.05, 3.63) is 249 Å². The smallest absolute Gasteiger partial charge is 0.238 e. The predicted molar refractivity (Wildman–Crippen MR) is 316 cm³/mol. The van der Waals surface area contributed by atoms with Crippen LogP contribution in [0, 0.1) is 0 Å². The maximum absolute atomic E-state index is 5.46. The molecule has 5 nitrogen and oxygen atoms in total. The summed E-state index contributed by atoms with van der Waals surface area (Å²) >= 11 is 1.80. The Bertz CT molecular complexity index is 4990. The highest BCUT2D eigenvalue weighted by atomic mass is 32.1. The molecule has 0 saturated carbocycles. The number of aromatic nitrogens is 5. The van der Waals surface area contributed by atoms with Gasteiger partial charge in [-0.2, -0.15) is 9.97 Å². The maximum Gasteiger partial charge on any atom is 0.238 e. The van der Waals surface area contributed by atoms with E-state index >= 15 is 0 Å².